The molecule has 1 nitrogen and oxygen atoms in total. The molecule has 0 radical (unpaired) electrons. The van der Waals surface area contributed by atoms with Gasteiger partial charge in [-0.15, -0.1) is 0 Å². The lowest BCUT2D eigenvalue weighted by Gasteiger charge is -2.22. The maximum absolute atomic E-state index is 5.61. The molecule has 0 fully saturated rings. The molecule has 0 saturated heterocycles. The Hall–Kier alpha value is -0.980. The molecule has 0 amide bonds. The molecule has 0 aromatic heterocycles. The van der Waals surface area contributed by atoms with Crippen LogP contribution in [0.4, 0.5) is 0 Å². The van der Waals surface area contributed by atoms with Gasteiger partial charge in [-0.3, -0.25) is 0 Å². The van der Waals surface area contributed by atoms with Gasteiger partial charge in [0, 0.05) is 0 Å². The fourth-order valence-corrected chi connectivity index (χ4v) is 2.51. The van der Waals surface area contributed by atoms with Crippen LogP contribution in [0.25, 0.3) is 0 Å². The summed E-state index contributed by atoms with van der Waals surface area (Å²) in [5, 5.41) is 0. The van der Waals surface area contributed by atoms with E-state index in [4.69, 9.17) is 4.74 Å². The van der Waals surface area contributed by atoms with E-state index >= 15 is 0 Å². The maximum Gasteiger partial charge on any atom is 0.125 e. The Kier molecular flexibility index (Phi) is 2.99. The normalized spacial score (nSPS) is 15.2. The summed E-state index contributed by atoms with van der Waals surface area (Å²) in [4.78, 5) is 0. The first kappa shape index (κ1) is 10.5. The van der Waals surface area contributed by atoms with E-state index in [2.05, 4.69) is 26.0 Å². The van der Waals surface area contributed by atoms with Gasteiger partial charge < -0.3 is 4.74 Å². The van der Waals surface area contributed by atoms with Crippen LogP contribution in [0.15, 0.2) is 12.1 Å². The van der Waals surface area contributed by atoms with Gasteiger partial charge in [0.1, 0.15) is 5.75 Å². The molecule has 0 heterocycles. The van der Waals surface area contributed by atoms with E-state index in [-0.39, 0.29) is 0 Å². The molecule has 1 aromatic rings. The fraction of sp³-hybridized carbons (Fsp3) is 0.571. The highest BCUT2D eigenvalue weighted by Gasteiger charge is 2.18. The van der Waals surface area contributed by atoms with Crippen LogP contribution in [0.5, 0.6) is 5.75 Å². The molecule has 0 atom stereocenters. The minimum absolute atomic E-state index is 0.548. The van der Waals surface area contributed by atoms with E-state index in [1.807, 2.05) is 0 Å². The predicted octanol–water partition coefficient (Wildman–Crippen LogP) is 3.70. The van der Waals surface area contributed by atoms with Crippen molar-refractivity contribution in [1.82, 2.24) is 0 Å². The maximum atomic E-state index is 5.61. The molecule has 0 N–H and O–H groups in total. The second kappa shape index (κ2) is 4.26. The summed E-state index contributed by atoms with van der Waals surface area (Å²) in [6.07, 6.45) is 5.06. The van der Waals surface area contributed by atoms with Gasteiger partial charge in [-0.05, 0) is 48.3 Å². The van der Waals surface area contributed by atoms with Crippen LogP contribution in [-0.2, 0) is 12.8 Å². The summed E-state index contributed by atoms with van der Waals surface area (Å²) in [7, 11) is 1.80. The van der Waals surface area contributed by atoms with Crippen LogP contribution in [0.3, 0.4) is 0 Å². The summed E-state index contributed by atoms with van der Waals surface area (Å²) in [5.41, 5.74) is 4.33. The average molecular weight is 204 g/mol. The van der Waals surface area contributed by atoms with E-state index in [1.165, 1.54) is 42.4 Å². The van der Waals surface area contributed by atoms with Crippen LogP contribution >= 0.6 is 0 Å². The SMILES string of the molecule is COc1c(C(C)C)ccc2c1CCCC2. The molecule has 1 aliphatic rings. The Bertz CT molecular complexity index is 353. The van der Waals surface area contributed by atoms with Gasteiger partial charge >= 0.3 is 0 Å². The van der Waals surface area contributed by atoms with Gasteiger partial charge in [0.05, 0.1) is 7.11 Å². The van der Waals surface area contributed by atoms with Crippen molar-refractivity contribution in [3.05, 3.63) is 28.8 Å². The van der Waals surface area contributed by atoms with Gasteiger partial charge in [-0.1, -0.05) is 26.0 Å². The van der Waals surface area contributed by atoms with Crippen molar-refractivity contribution >= 4 is 0 Å². The van der Waals surface area contributed by atoms with Crippen molar-refractivity contribution < 1.29 is 4.74 Å². The minimum atomic E-state index is 0.548. The van der Waals surface area contributed by atoms with Crippen molar-refractivity contribution in [2.75, 3.05) is 7.11 Å². The molecule has 1 aliphatic carbocycles. The zero-order valence-electron chi connectivity index (χ0n) is 9.97. The van der Waals surface area contributed by atoms with Crippen molar-refractivity contribution in [1.29, 1.82) is 0 Å². The number of ether oxygens (including phenoxy) is 1. The number of rotatable bonds is 2. The molecule has 15 heavy (non-hydrogen) atoms. The van der Waals surface area contributed by atoms with Crippen molar-refractivity contribution in [2.45, 2.75) is 45.4 Å². The van der Waals surface area contributed by atoms with E-state index in [9.17, 15) is 0 Å². The van der Waals surface area contributed by atoms with Gasteiger partial charge in [-0.25, -0.2) is 0 Å². The van der Waals surface area contributed by atoms with Gasteiger partial charge in [0.25, 0.3) is 0 Å². The molecule has 1 aromatic carbocycles. The summed E-state index contributed by atoms with van der Waals surface area (Å²) in [6.45, 7) is 4.46. The Morgan fingerprint density at radius 2 is 1.87 bits per heavy atom. The first-order valence-corrected chi connectivity index (χ1v) is 5.92. The van der Waals surface area contributed by atoms with Crippen molar-refractivity contribution in [3.8, 4) is 5.75 Å². The van der Waals surface area contributed by atoms with Crippen LogP contribution in [0.1, 0.15) is 49.3 Å². The lowest BCUT2D eigenvalue weighted by Crippen LogP contribution is -2.07. The van der Waals surface area contributed by atoms with Gasteiger partial charge in [0.2, 0.25) is 0 Å². The highest BCUT2D eigenvalue weighted by molar-refractivity contribution is 5.48. The molecular formula is C14H20O. The van der Waals surface area contributed by atoms with E-state index in [1.54, 1.807) is 7.11 Å². The Morgan fingerprint density at radius 1 is 1.13 bits per heavy atom. The average Bonchev–Trinajstić information content (AvgIpc) is 2.27. The number of hydrogen-bond donors (Lipinski definition) is 0. The van der Waals surface area contributed by atoms with Crippen molar-refractivity contribution in [3.63, 3.8) is 0 Å². The highest BCUT2D eigenvalue weighted by atomic mass is 16.5. The molecule has 1 heteroatoms. The lowest BCUT2D eigenvalue weighted by molar-refractivity contribution is 0.399. The largest absolute Gasteiger partial charge is 0.496 e. The molecule has 0 aliphatic heterocycles. The number of benzene rings is 1. The Morgan fingerprint density at radius 3 is 2.53 bits per heavy atom. The first-order chi connectivity index (χ1) is 7.24. The third kappa shape index (κ3) is 1.88. The predicted molar refractivity (Wildman–Crippen MR) is 63.7 cm³/mol. The molecule has 0 bridgehead atoms. The Labute approximate surface area is 92.5 Å². The highest BCUT2D eigenvalue weighted by Crippen LogP contribution is 2.36. The van der Waals surface area contributed by atoms with E-state index in [0.717, 1.165) is 5.75 Å². The van der Waals surface area contributed by atoms with Crippen LogP contribution in [0, 0.1) is 0 Å². The lowest BCUT2D eigenvalue weighted by atomic mass is 9.87. The smallest absolute Gasteiger partial charge is 0.125 e. The van der Waals surface area contributed by atoms with E-state index in [0.29, 0.717) is 5.92 Å². The van der Waals surface area contributed by atoms with Crippen LogP contribution < -0.4 is 4.74 Å². The zero-order chi connectivity index (χ0) is 10.8. The Balaban J connectivity index is 2.51. The van der Waals surface area contributed by atoms with E-state index < -0.39 is 0 Å². The zero-order valence-corrected chi connectivity index (χ0v) is 9.97. The molecule has 0 spiro atoms. The molecule has 0 saturated carbocycles. The number of aryl methyl sites for hydroxylation is 1. The second-order valence-electron chi connectivity index (χ2n) is 4.69. The standard InChI is InChI=1S/C14H20O/c1-10(2)12-9-8-11-6-4-5-7-13(11)14(12)15-3/h8-10H,4-7H2,1-3H3. The van der Waals surface area contributed by atoms with Crippen LogP contribution in [0.2, 0.25) is 0 Å². The quantitative estimate of drug-likeness (QED) is 0.713. The molecule has 2 rings (SSSR count). The monoisotopic (exact) mass is 204 g/mol. The van der Waals surface area contributed by atoms with Crippen LogP contribution in [-0.4, -0.2) is 7.11 Å². The number of fused-ring (bicyclic) bond motifs is 1. The van der Waals surface area contributed by atoms with Crippen molar-refractivity contribution in [2.24, 2.45) is 0 Å². The summed E-state index contributed by atoms with van der Waals surface area (Å²) >= 11 is 0. The number of hydrogen-bond acceptors (Lipinski definition) is 1. The molecule has 82 valence electrons. The fourth-order valence-electron chi connectivity index (χ4n) is 2.51. The summed E-state index contributed by atoms with van der Waals surface area (Å²) < 4.78 is 5.61. The topological polar surface area (TPSA) is 9.23 Å². The minimum Gasteiger partial charge on any atom is -0.496 e. The van der Waals surface area contributed by atoms with Gasteiger partial charge in [-0.2, -0.15) is 0 Å². The molecule has 0 unspecified atom stereocenters. The summed E-state index contributed by atoms with van der Waals surface area (Å²) in [6, 6.07) is 4.54. The molecular weight excluding hydrogens is 184 g/mol. The number of methoxy groups -OCH3 is 1. The second-order valence-corrected chi connectivity index (χ2v) is 4.69. The summed E-state index contributed by atoms with van der Waals surface area (Å²) in [5.74, 6) is 1.70. The first-order valence-electron chi connectivity index (χ1n) is 5.92. The third-order valence-corrected chi connectivity index (χ3v) is 3.34. The third-order valence-electron chi connectivity index (χ3n) is 3.34. The van der Waals surface area contributed by atoms with Gasteiger partial charge in [0.15, 0.2) is 0 Å².